The Morgan fingerprint density at radius 1 is 1.35 bits per heavy atom. The first-order chi connectivity index (χ1) is 8.25. The average molecular weight is 292 g/mol. The predicted octanol–water partition coefficient (Wildman–Crippen LogP) is 2.83. The summed E-state index contributed by atoms with van der Waals surface area (Å²) in [4.78, 5) is 2.33. The fourth-order valence-corrected chi connectivity index (χ4v) is 2.78. The summed E-state index contributed by atoms with van der Waals surface area (Å²) in [6.07, 6.45) is 1.06. The Hall–Kier alpha value is -1.13. The largest absolute Gasteiger partial charge is 0.302 e. The van der Waals surface area contributed by atoms with Crippen molar-refractivity contribution in [3.63, 3.8) is 0 Å². The number of hydrogen-bond acceptors (Lipinski definition) is 2. The molecule has 2 heterocycles. The lowest BCUT2D eigenvalue weighted by atomic mass is 10.0. The zero-order chi connectivity index (χ0) is 11.8. The number of aromatic nitrogens is 2. The number of rotatable bonds is 1. The fourth-order valence-electron chi connectivity index (χ4n) is 2.31. The van der Waals surface area contributed by atoms with Crippen molar-refractivity contribution in [1.29, 1.82) is 0 Å². The van der Waals surface area contributed by atoms with E-state index in [1.165, 1.54) is 16.8 Å². The summed E-state index contributed by atoms with van der Waals surface area (Å²) in [6.45, 7) is 2.08. The monoisotopic (exact) mass is 291 g/mol. The lowest BCUT2D eigenvalue weighted by molar-refractivity contribution is 0.312. The maximum absolute atomic E-state index is 4.48. The summed E-state index contributed by atoms with van der Waals surface area (Å²) in [5, 5.41) is 7.66. The van der Waals surface area contributed by atoms with Crippen molar-refractivity contribution in [3.8, 4) is 11.3 Å². The summed E-state index contributed by atoms with van der Waals surface area (Å²) in [6, 6.07) is 8.24. The van der Waals surface area contributed by atoms with Crippen LogP contribution < -0.4 is 0 Å². The van der Waals surface area contributed by atoms with Crippen molar-refractivity contribution in [3.05, 3.63) is 40.0 Å². The van der Waals surface area contributed by atoms with Gasteiger partial charge in [0.1, 0.15) is 0 Å². The van der Waals surface area contributed by atoms with Crippen molar-refractivity contribution in [2.45, 2.75) is 13.0 Å². The number of H-pyrrole nitrogens is 1. The first-order valence-electron chi connectivity index (χ1n) is 5.75. The topological polar surface area (TPSA) is 31.9 Å². The van der Waals surface area contributed by atoms with Crippen molar-refractivity contribution < 1.29 is 0 Å². The van der Waals surface area contributed by atoms with Gasteiger partial charge in [0.05, 0.1) is 5.69 Å². The van der Waals surface area contributed by atoms with Crippen LogP contribution in [0.1, 0.15) is 11.3 Å². The molecule has 4 heteroatoms. The Morgan fingerprint density at radius 3 is 3.00 bits per heavy atom. The van der Waals surface area contributed by atoms with Crippen LogP contribution in [0.25, 0.3) is 11.3 Å². The molecule has 0 atom stereocenters. The zero-order valence-corrected chi connectivity index (χ0v) is 11.3. The Bertz CT molecular complexity index is 547. The van der Waals surface area contributed by atoms with E-state index in [1.807, 2.05) is 12.1 Å². The summed E-state index contributed by atoms with van der Waals surface area (Å²) in [5.41, 5.74) is 4.87. The highest BCUT2D eigenvalue weighted by molar-refractivity contribution is 9.10. The molecule has 0 unspecified atom stereocenters. The molecule has 17 heavy (non-hydrogen) atoms. The van der Waals surface area contributed by atoms with E-state index in [9.17, 15) is 0 Å². The molecule has 0 saturated heterocycles. The van der Waals surface area contributed by atoms with Crippen LogP contribution in [0.3, 0.4) is 0 Å². The van der Waals surface area contributed by atoms with E-state index in [4.69, 9.17) is 0 Å². The van der Waals surface area contributed by atoms with E-state index in [0.717, 1.165) is 29.7 Å². The number of benzene rings is 1. The van der Waals surface area contributed by atoms with Gasteiger partial charge >= 0.3 is 0 Å². The normalized spacial score (nSPS) is 15.9. The lowest BCUT2D eigenvalue weighted by Crippen LogP contribution is -2.26. The third kappa shape index (κ3) is 1.91. The molecule has 2 aromatic rings. The van der Waals surface area contributed by atoms with Crippen LogP contribution in [0.5, 0.6) is 0 Å². The summed E-state index contributed by atoms with van der Waals surface area (Å²) in [5.74, 6) is 0. The molecule has 1 aromatic heterocycles. The van der Waals surface area contributed by atoms with Gasteiger partial charge in [-0.3, -0.25) is 5.10 Å². The van der Waals surface area contributed by atoms with Crippen molar-refractivity contribution in [1.82, 2.24) is 15.1 Å². The van der Waals surface area contributed by atoms with E-state index in [-0.39, 0.29) is 0 Å². The second-order valence-electron chi connectivity index (χ2n) is 4.50. The quantitative estimate of drug-likeness (QED) is 0.876. The molecule has 1 N–H and O–H groups in total. The van der Waals surface area contributed by atoms with Crippen molar-refractivity contribution in [2.24, 2.45) is 0 Å². The fraction of sp³-hybridized carbons (Fsp3) is 0.308. The lowest BCUT2D eigenvalue weighted by Gasteiger charge is -2.22. The van der Waals surface area contributed by atoms with Gasteiger partial charge in [0, 0.05) is 40.8 Å². The number of hydrogen-bond donors (Lipinski definition) is 1. The Kier molecular flexibility index (Phi) is 2.76. The first-order valence-corrected chi connectivity index (χ1v) is 6.54. The highest BCUT2D eigenvalue weighted by Crippen LogP contribution is 2.32. The predicted molar refractivity (Wildman–Crippen MR) is 71.8 cm³/mol. The van der Waals surface area contributed by atoms with E-state index in [1.54, 1.807) is 0 Å². The van der Waals surface area contributed by atoms with Gasteiger partial charge in [0.25, 0.3) is 0 Å². The summed E-state index contributed by atoms with van der Waals surface area (Å²) in [7, 11) is 2.15. The van der Waals surface area contributed by atoms with Gasteiger partial charge in [0.15, 0.2) is 0 Å². The van der Waals surface area contributed by atoms with Gasteiger partial charge in [-0.25, -0.2) is 0 Å². The summed E-state index contributed by atoms with van der Waals surface area (Å²) < 4.78 is 1.10. The molecule has 0 amide bonds. The molecule has 0 saturated carbocycles. The third-order valence-corrected chi connectivity index (χ3v) is 3.94. The highest BCUT2D eigenvalue weighted by Gasteiger charge is 2.21. The van der Waals surface area contributed by atoms with E-state index in [2.05, 4.69) is 50.2 Å². The molecule has 88 valence electrons. The smallest absolute Gasteiger partial charge is 0.0979 e. The van der Waals surface area contributed by atoms with E-state index in [0.29, 0.717) is 0 Å². The number of likely N-dealkylation sites (N-methyl/N-ethyl adjacent to an activating group) is 1. The molecule has 0 spiro atoms. The second kappa shape index (κ2) is 4.27. The van der Waals surface area contributed by atoms with Crippen molar-refractivity contribution in [2.75, 3.05) is 13.6 Å². The minimum Gasteiger partial charge on any atom is -0.302 e. The number of nitrogens with zero attached hydrogens (tertiary/aromatic N) is 2. The Morgan fingerprint density at radius 2 is 2.18 bits per heavy atom. The van der Waals surface area contributed by atoms with Gasteiger partial charge < -0.3 is 4.90 Å². The molecule has 3 nitrogen and oxygen atoms in total. The standard InChI is InChI=1S/C13H14BrN3/c1-17-7-6-12-10(8-17)13(16-15-12)9-4-2-3-5-11(9)14/h2-5H,6-8H2,1H3,(H,15,16). The van der Waals surface area contributed by atoms with Gasteiger partial charge in [-0.2, -0.15) is 5.10 Å². The van der Waals surface area contributed by atoms with Crippen molar-refractivity contribution >= 4 is 15.9 Å². The Labute approximate surface area is 109 Å². The van der Waals surface area contributed by atoms with Gasteiger partial charge in [-0.15, -0.1) is 0 Å². The minimum absolute atomic E-state index is 0.975. The van der Waals surface area contributed by atoms with E-state index < -0.39 is 0 Å². The molecular formula is C13H14BrN3. The molecule has 0 radical (unpaired) electrons. The Balaban J connectivity index is 2.11. The molecule has 1 aromatic carbocycles. The highest BCUT2D eigenvalue weighted by atomic mass is 79.9. The van der Waals surface area contributed by atoms with E-state index >= 15 is 0 Å². The SMILES string of the molecule is CN1CCc2[nH]nc(-c3ccccc3Br)c2C1. The maximum Gasteiger partial charge on any atom is 0.0979 e. The van der Waals surface area contributed by atoms with Gasteiger partial charge in [0.2, 0.25) is 0 Å². The third-order valence-electron chi connectivity index (χ3n) is 3.25. The zero-order valence-electron chi connectivity index (χ0n) is 9.70. The summed E-state index contributed by atoms with van der Waals surface area (Å²) >= 11 is 3.59. The second-order valence-corrected chi connectivity index (χ2v) is 5.35. The molecule has 0 bridgehead atoms. The molecule has 3 rings (SSSR count). The van der Waals surface area contributed by atoms with Crippen LogP contribution in [0.2, 0.25) is 0 Å². The molecule has 0 fully saturated rings. The molecule has 0 aliphatic carbocycles. The number of aromatic amines is 1. The van der Waals surface area contributed by atoms with Crippen LogP contribution in [-0.4, -0.2) is 28.7 Å². The van der Waals surface area contributed by atoms with Crippen LogP contribution in [0.4, 0.5) is 0 Å². The molecule has 1 aliphatic rings. The van der Waals surface area contributed by atoms with Crippen LogP contribution in [0.15, 0.2) is 28.7 Å². The van der Waals surface area contributed by atoms with Crippen LogP contribution in [-0.2, 0) is 13.0 Å². The number of halogens is 1. The van der Waals surface area contributed by atoms with Gasteiger partial charge in [-0.1, -0.05) is 34.1 Å². The maximum atomic E-state index is 4.48. The van der Waals surface area contributed by atoms with Crippen LogP contribution in [0, 0.1) is 0 Å². The molecular weight excluding hydrogens is 278 g/mol. The minimum atomic E-state index is 0.975. The van der Waals surface area contributed by atoms with Gasteiger partial charge in [-0.05, 0) is 13.1 Å². The van der Waals surface area contributed by atoms with Crippen LogP contribution >= 0.6 is 15.9 Å². The first kappa shape index (κ1) is 11.0. The number of fused-ring (bicyclic) bond motifs is 1. The number of nitrogens with one attached hydrogen (secondary N) is 1. The average Bonchev–Trinajstić information content (AvgIpc) is 2.72. The molecule has 1 aliphatic heterocycles.